The number of nitrogens with one attached hydrogen (secondary N) is 1. The molecule has 0 unspecified atom stereocenters. The minimum absolute atomic E-state index is 0.483. The molecule has 0 fully saturated rings. The van der Waals surface area contributed by atoms with Gasteiger partial charge in [0.1, 0.15) is 12.1 Å². The van der Waals surface area contributed by atoms with Crippen LogP contribution in [-0.4, -0.2) is 26.3 Å². The molecule has 2 heterocycles. The molecular weight excluding hydrogens is 209 g/mol. The first kappa shape index (κ1) is 10.5. The summed E-state index contributed by atoms with van der Waals surface area (Å²) >= 11 is 0. The van der Waals surface area contributed by atoms with Gasteiger partial charge in [0.15, 0.2) is 0 Å². The van der Waals surface area contributed by atoms with Gasteiger partial charge in [-0.1, -0.05) is 0 Å². The van der Waals surface area contributed by atoms with Crippen LogP contribution in [0.1, 0.15) is 5.56 Å². The molecule has 0 aromatic carbocycles. The van der Waals surface area contributed by atoms with E-state index in [1.54, 1.807) is 6.20 Å². The summed E-state index contributed by atoms with van der Waals surface area (Å²) in [7, 11) is 0. The molecule has 0 aliphatic heterocycles. The molecule has 0 radical (unpaired) electrons. The van der Waals surface area contributed by atoms with E-state index in [0.717, 1.165) is 5.56 Å². The molecule has 5 nitrogen and oxygen atoms in total. The second-order valence-corrected chi connectivity index (χ2v) is 3.43. The van der Waals surface area contributed by atoms with Crippen LogP contribution in [0.4, 0.5) is 10.2 Å². The highest BCUT2D eigenvalue weighted by molar-refractivity contribution is 5.31. The lowest BCUT2D eigenvalue weighted by Crippen LogP contribution is -2.11. The van der Waals surface area contributed by atoms with Crippen molar-refractivity contribution in [2.75, 3.05) is 11.9 Å². The number of anilines is 1. The molecule has 2 aromatic rings. The van der Waals surface area contributed by atoms with E-state index in [9.17, 15) is 4.39 Å². The van der Waals surface area contributed by atoms with E-state index < -0.39 is 5.95 Å². The number of nitrogens with zero attached hydrogens (tertiary/aromatic N) is 4. The first-order valence-corrected chi connectivity index (χ1v) is 4.94. The van der Waals surface area contributed by atoms with E-state index in [0.29, 0.717) is 18.9 Å². The van der Waals surface area contributed by atoms with Crippen LogP contribution in [0.25, 0.3) is 0 Å². The van der Waals surface area contributed by atoms with E-state index in [1.807, 2.05) is 17.8 Å². The van der Waals surface area contributed by atoms with Crippen LogP contribution in [0.15, 0.2) is 24.8 Å². The average molecular weight is 221 g/mol. The van der Waals surface area contributed by atoms with Gasteiger partial charge in [0, 0.05) is 18.8 Å². The number of aryl methyl sites for hydroxylation is 1. The van der Waals surface area contributed by atoms with Gasteiger partial charge in [-0.15, -0.1) is 0 Å². The van der Waals surface area contributed by atoms with Crippen molar-refractivity contribution in [1.29, 1.82) is 0 Å². The van der Waals surface area contributed by atoms with Crippen LogP contribution in [0.5, 0.6) is 0 Å². The standard InChI is InChI=1S/C10H12FN5/c1-8-5-15-16(6-8)3-2-12-10-4-9(11)13-7-14-10/h4-7H,2-3H2,1H3,(H,12,13,14). The van der Waals surface area contributed by atoms with Crippen molar-refractivity contribution in [3.63, 3.8) is 0 Å². The Labute approximate surface area is 92.3 Å². The van der Waals surface area contributed by atoms with Crippen LogP contribution in [0.3, 0.4) is 0 Å². The molecule has 1 N–H and O–H groups in total. The number of rotatable bonds is 4. The predicted molar refractivity (Wildman–Crippen MR) is 57.4 cm³/mol. The van der Waals surface area contributed by atoms with Crippen LogP contribution < -0.4 is 5.32 Å². The molecule has 0 atom stereocenters. The predicted octanol–water partition coefficient (Wildman–Crippen LogP) is 1.23. The molecule has 6 heteroatoms. The molecule has 84 valence electrons. The quantitative estimate of drug-likeness (QED) is 0.789. The molecule has 0 aliphatic carbocycles. The Morgan fingerprint density at radius 3 is 3.00 bits per heavy atom. The SMILES string of the molecule is Cc1cnn(CCNc2cc(F)ncn2)c1. The fraction of sp³-hybridized carbons (Fsp3) is 0.300. The van der Waals surface area contributed by atoms with Gasteiger partial charge < -0.3 is 5.32 Å². The molecule has 0 amide bonds. The second-order valence-electron chi connectivity index (χ2n) is 3.43. The number of hydrogen-bond acceptors (Lipinski definition) is 4. The minimum atomic E-state index is -0.535. The Morgan fingerprint density at radius 2 is 2.31 bits per heavy atom. The van der Waals surface area contributed by atoms with Crippen molar-refractivity contribution in [2.24, 2.45) is 0 Å². The lowest BCUT2D eigenvalue weighted by atomic mass is 10.4. The first-order chi connectivity index (χ1) is 7.74. The third-order valence-electron chi connectivity index (χ3n) is 2.04. The molecule has 16 heavy (non-hydrogen) atoms. The van der Waals surface area contributed by atoms with Crippen LogP contribution in [0, 0.1) is 12.9 Å². The lowest BCUT2D eigenvalue weighted by molar-refractivity contribution is 0.579. The van der Waals surface area contributed by atoms with E-state index in [1.165, 1.54) is 12.4 Å². The Morgan fingerprint density at radius 1 is 1.44 bits per heavy atom. The first-order valence-electron chi connectivity index (χ1n) is 4.94. The minimum Gasteiger partial charge on any atom is -0.368 e. The third-order valence-corrected chi connectivity index (χ3v) is 2.04. The van der Waals surface area contributed by atoms with Gasteiger partial charge in [0.25, 0.3) is 0 Å². The normalized spacial score (nSPS) is 10.4. The van der Waals surface area contributed by atoms with Gasteiger partial charge in [-0.3, -0.25) is 4.68 Å². The van der Waals surface area contributed by atoms with Gasteiger partial charge >= 0.3 is 0 Å². The van der Waals surface area contributed by atoms with Gasteiger partial charge in [-0.2, -0.15) is 9.49 Å². The van der Waals surface area contributed by atoms with Crippen molar-refractivity contribution >= 4 is 5.82 Å². The summed E-state index contributed by atoms with van der Waals surface area (Å²) < 4.78 is 14.5. The summed E-state index contributed by atoms with van der Waals surface area (Å²) in [6.07, 6.45) is 4.93. The molecule has 0 saturated heterocycles. The third kappa shape index (κ3) is 2.75. The maximum absolute atomic E-state index is 12.7. The largest absolute Gasteiger partial charge is 0.368 e. The highest BCUT2D eigenvalue weighted by atomic mass is 19.1. The van der Waals surface area contributed by atoms with E-state index in [4.69, 9.17) is 0 Å². The Balaban J connectivity index is 1.84. The molecule has 2 rings (SSSR count). The molecule has 0 saturated carbocycles. The highest BCUT2D eigenvalue weighted by Gasteiger charge is 1.97. The molecule has 2 aromatic heterocycles. The monoisotopic (exact) mass is 221 g/mol. The smallest absolute Gasteiger partial charge is 0.217 e. The molecular formula is C10H12FN5. The zero-order valence-electron chi connectivity index (χ0n) is 8.89. The topological polar surface area (TPSA) is 55.6 Å². The summed E-state index contributed by atoms with van der Waals surface area (Å²) in [5, 5.41) is 7.13. The summed E-state index contributed by atoms with van der Waals surface area (Å²) in [6, 6.07) is 1.26. The lowest BCUT2D eigenvalue weighted by Gasteiger charge is -2.04. The number of halogens is 1. The van der Waals surface area contributed by atoms with Crippen molar-refractivity contribution in [2.45, 2.75) is 13.5 Å². The number of aromatic nitrogens is 4. The maximum Gasteiger partial charge on any atom is 0.217 e. The zero-order chi connectivity index (χ0) is 11.4. The summed E-state index contributed by atoms with van der Waals surface area (Å²) in [5.74, 6) is -0.0520. The van der Waals surface area contributed by atoms with E-state index in [2.05, 4.69) is 20.4 Å². The molecule has 0 bridgehead atoms. The second kappa shape index (κ2) is 4.69. The van der Waals surface area contributed by atoms with Crippen LogP contribution in [0.2, 0.25) is 0 Å². The van der Waals surface area contributed by atoms with Gasteiger partial charge in [0.2, 0.25) is 5.95 Å². The fourth-order valence-corrected chi connectivity index (χ4v) is 1.32. The van der Waals surface area contributed by atoms with Crippen molar-refractivity contribution in [3.05, 3.63) is 36.3 Å². The van der Waals surface area contributed by atoms with Gasteiger partial charge in [0.05, 0.1) is 12.7 Å². The Bertz CT molecular complexity index is 468. The van der Waals surface area contributed by atoms with Gasteiger partial charge in [-0.05, 0) is 12.5 Å². The molecule has 0 aliphatic rings. The molecule has 0 spiro atoms. The zero-order valence-corrected chi connectivity index (χ0v) is 8.89. The summed E-state index contributed by atoms with van der Waals surface area (Å²) in [4.78, 5) is 7.26. The van der Waals surface area contributed by atoms with E-state index >= 15 is 0 Å². The average Bonchev–Trinajstić information content (AvgIpc) is 2.64. The Kier molecular flexibility index (Phi) is 3.09. The van der Waals surface area contributed by atoms with Crippen molar-refractivity contribution in [1.82, 2.24) is 19.7 Å². The number of hydrogen-bond donors (Lipinski definition) is 1. The summed E-state index contributed by atoms with van der Waals surface area (Å²) in [6.45, 7) is 3.33. The van der Waals surface area contributed by atoms with Gasteiger partial charge in [-0.25, -0.2) is 9.97 Å². The highest BCUT2D eigenvalue weighted by Crippen LogP contribution is 2.01. The summed E-state index contributed by atoms with van der Waals surface area (Å²) in [5.41, 5.74) is 1.12. The van der Waals surface area contributed by atoms with Crippen molar-refractivity contribution < 1.29 is 4.39 Å². The fourth-order valence-electron chi connectivity index (χ4n) is 1.32. The maximum atomic E-state index is 12.7. The van der Waals surface area contributed by atoms with Crippen LogP contribution >= 0.6 is 0 Å². The van der Waals surface area contributed by atoms with Crippen LogP contribution in [-0.2, 0) is 6.54 Å². The van der Waals surface area contributed by atoms with E-state index in [-0.39, 0.29) is 0 Å². The van der Waals surface area contributed by atoms with Crippen molar-refractivity contribution in [3.8, 4) is 0 Å². The Hall–Kier alpha value is -1.98.